The molecular formula is C20H22F4N6O3S. The Labute approximate surface area is 192 Å². The van der Waals surface area contributed by atoms with Gasteiger partial charge in [-0.1, -0.05) is 0 Å². The molecule has 2 N–H and O–H groups in total. The smallest absolute Gasteiger partial charge is 0.387 e. The van der Waals surface area contributed by atoms with E-state index in [1.165, 1.54) is 17.2 Å². The molecule has 0 spiro atoms. The standard InChI is InChI=1S/C20H22F4N6O3S/c21-18(22)33-15-5-11(7-26-17(15)25)14-6-16(28-19(27-14)29-4-3-20(23,24)10-29)30-8-13-2-1-12(30)9-34(13,31)32/h5-7,12-13,18H,1-4,8-10H2,(H2,25,26)/t12-,13-/m0/s1. The van der Waals surface area contributed by atoms with Crippen molar-refractivity contribution in [2.24, 2.45) is 0 Å². The molecule has 0 aromatic carbocycles. The maximum absolute atomic E-state index is 13.9. The van der Waals surface area contributed by atoms with Gasteiger partial charge in [-0.25, -0.2) is 27.2 Å². The lowest BCUT2D eigenvalue weighted by molar-refractivity contribution is -0.0494. The highest BCUT2D eigenvalue weighted by Crippen LogP contribution is 2.37. The number of pyridine rings is 1. The molecule has 4 saturated heterocycles. The van der Waals surface area contributed by atoms with Crippen molar-refractivity contribution in [2.45, 2.75) is 43.1 Å². The lowest BCUT2D eigenvalue weighted by Crippen LogP contribution is -2.58. The van der Waals surface area contributed by atoms with Crippen molar-refractivity contribution in [3.05, 3.63) is 18.3 Å². The summed E-state index contributed by atoms with van der Waals surface area (Å²) in [5.41, 5.74) is 6.14. The largest absolute Gasteiger partial charge is 0.431 e. The summed E-state index contributed by atoms with van der Waals surface area (Å²) in [6, 6.07) is 2.52. The number of nitrogen functional groups attached to an aromatic ring is 1. The minimum Gasteiger partial charge on any atom is -0.431 e. The molecule has 0 radical (unpaired) electrons. The molecule has 9 nitrogen and oxygen atoms in total. The Balaban J connectivity index is 1.57. The number of fused-ring (bicyclic) bond motifs is 3. The number of nitrogens with zero attached hydrogens (tertiary/aromatic N) is 5. The summed E-state index contributed by atoms with van der Waals surface area (Å²) in [4.78, 5) is 16.0. The molecule has 0 unspecified atom stereocenters. The summed E-state index contributed by atoms with van der Waals surface area (Å²) < 4.78 is 82.5. The number of rotatable bonds is 5. The third-order valence-electron chi connectivity index (χ3n) is 6.44. The zero-order valence-electron chi connectivity index (χ0n) is 17.9. The second-order valence-corrected chi connectivity index (χ2v) is 11.1. The number of nitrogens with two attached hydrogens (primary N) is 1. The molecule has 184 valence electrons. The van der Waals surface area contributed by atoms with Gasteiger partial charge in [0.25, 0.3) is 5.92 Å². The van der Waals surface area contributed by atoms with Crippen LogP contribution in [-0.4, -0.2) is 72.6 Å². The first kappa shape index (κ1) is 22.9. The summed E-state index contributed by atoms with van der Waals surface area (Å²) in [6.45, 7) is -3.40. The van der Waals surface area contributed by atoms with Crippen LogP contribution in [0.5, 0.6) is 5.75 Å². The number of sulfone groups is 1. The first-order valence-electron chi connectivity index (χ1n) is 10.7. The van der Waals surface area contributed by atoms with Gasteiger partial charge in [-0.3, -0.25) is 0 Å². The number of anilines is 3. The summed E-state index contributed by atoms with van der Waals surface area (Å²) in [7, 11) is -3.20. The van der Waals surface area contributed by atoms with E-state index in [1.54, 1.807) is 6.07 Å². The zero-order valence-corrected chi connectivity index (χ0v) is 18.7. The van der Waals surface area contributed by atoms with Crippen LogP contribution in [0.4, 0.5) is 35.1 Å². The van der Waals surface area contributed by atoms with E-state index in [2.05, 4.69) is 19.7 Å². The van der Waals surface area contributed by atoms with E-state index in [-0.39, 0.29) is 60.1 Å². The highest BCUT2D eigenvalue weighted by molar-refractivity contribution is 7.92. The predicted molar refractivity (Wildman–Crippen MR) is 116 cm³/mol. The van der Waals surface area contributed by atoms with Crippen molar-refractivity contribution >= 4 is 27.4 Å². The number of aromatic nitrogens is 3. The fourth-order valence-corrected chi connectivity index (χ4v) is 6.73. The molecule has 2 atom stereocenters. The normalized spacial score (nSPS) is 25.2. The van der Waals surface area contributed by atoms with Gasteiger partial charge < -0.3 is 20.3 Å². The van der Waals surface area contributed by atoms with Crippen molar-refractivity contribution in [1.82, 2.24) is 15.0 Å². The Bertz CT molecular complexity index is 1210. The molecule has 0 amide bonds. The number of ether oxygens (including phenoxy) is 1. The molecule has 4 fully saturated rings. The number of hydrogen-bond acceptors (Lipinski definition) is 9. The molecule has 4 aliphatic heterocycles. The van der Waals surface area contributed by atoms with Crippen LogP contribution in [0.2, 0.25) is 0 Å². The highest BCUT2D eigenvalue weighted by Gasteiger charge is 2.45. The van der Waals surface area contributed by atoms with E-state index >= 15 is 0 Å². The number of hydrogen-bond donors (Lipinski definition) is 1. The second kappa shape index (κ2) is 8.10. The summed E-state index contributed by atoms with van der Waals surface area (Å²) >= 11 is 0. The van der Waals surface area contributed by atoms with Gasteiger partial charge in [0, 0.05) is 43.4 Å². The fourth-order valence-electron chi connectivity index (χ4n) is 4.70. The van der Waals surface area contributed by atoms with Crippen LogP contribution in [0.3, 0.4) is 0 Å². The molecule has 6 heterocycles. The topological polar surface area (TPSA) is 115 Å². The molecule has 2 aromatic heterocycles. The zero-order chi connectivity index (χ0) is 24.3. The first-order chi connectivity index (χ1) is 16.0. The Morgan fingerprint density at radius 1 is 1.21 bits per heavy atom. The van der Waals surface area contributed by atoms with Gasteiger partial charge in [0.1, 0.15) is 5.82 Å². The van der Waals surface area contributed by atoms with Crippen molar-refractivity contribution in [2.75, 3.05) is 40.9 Å². The van der Waals surface area contributed by atoms with Gasteiger partial charge >= 0.3 is 6.61 Å². The Morgan fingerprint density at radius 3 is 2.62 bits per heavy atom. The average molecular weight is 502 g/mol. The summed E-state index contributed by atoms with van der Waals surface area (Å²) in [5.74, 6) is -3.06. The van der Waals surface area contributed by atoms with E-state index in [0.717, 1.165) is 0 Å². The average Bonchev–Trinajstić information content (AvgIpc) is 3.14. The minimum atomic E-state index is -3.20. The van der Waals surface area contributed by atoms with Crippen LogP contribution >= 0.6 is 0 Å². The van der Waals surface area contributed by atoms with Gasteiger partial charge in [0.2, 0.25) is 5.95 Å². The van der Waals surface area contributed by atoms with Crippen molar-refractivity contribution in [3.8, 4) is 17.0 Å². The molecule has 2 bridgehead atoms. The van der Waals surface area contributed by atoms with E-state index in [9.17, 15) is 26.0 Å². The Kier molecular flexibility index (Phi) is 5.45. The maximum Gasteiger partial charge on any atom is 0.387 e. The first-order valence-corrected chi connectivity index (χ1v) is 12.4. The van der Waals surface area contributed by atoms with Gasteiger partial charge in [-0.15, -0.1) is 0 Å². The van der Waals surface area contributed by atoms with Crippen LogP contribution in [0, 0.1) is 0 Å². The molecule has 0 aliphatic carbocycles. The molecule has 0 saturated carbocycles. The number of alkyl halides is 4. The lowest BCUT2D eigenvalue weighted by atomic mass is 10.0. The predicted octanol–water partition coefficient (Wildman–Crippen LogP) is 2.33. The van der Waals surface area contributed by atoms with Crippen molar-refractivity contribution in [3.63, 3.8) is 0 Å². The molecule has 6 rings (SSSR count). The van der Waals surface area contributed by atoms with Gasteiger partial charge in [-0.2, -0.15) is 13.8 Å². The van der Waals surface area contributed by atoms with E-state index in [4.69, 9.17) is 5.73 Å². The molecular weight excluding hydrogens is 480 g/mol. The SMILES string of the molecule is Nc1ncc(-c2cc(N3C[C@@H]4CC[C@H]3CS4(=O)=O)nc(N3CCC(F)(F)C3)n2)cc1OC(F)F. The van der Waals surface area contributed by atoms with E-state index in [1.807, 2.05) is 4.90 Å². The molecule has 34 heavy (non-hydrogen) atoms. The van der Waals surface area contributed by atoms with Crippen LogP contribution in [-0.2, 0) is 9.84 Å². The number of piperidine rings is 1. The Morgan fingerprint density at radius 2 is 2.00 bits per heavy atom. The van der Waals surface area contributed by atoms with Gasteiger partial charge in [0.15, 0.2) is 21.4 Å². The highest BCUT2D eigenvalue weighted by atomic mass is 32.2. The van der Waals surface area contributed by atoms with Gasteiger partial charge in [-0.05, 0) is 18.9 Å². The third kappa shape index (κ3) is 4.30. The molecule has 2 aromatic rings. The summed E-state index contributed by atoms with van der Waals surface area (Å²) in [6.07, 6.45) is 2.19. The van der Waals surface area contributed by atoms with Crippen LogP contribution < -0.4 is 20.3 Å². The van der Waals surface area contributed by atoms with Crippen molar-refractivity contribution in [1.29, 1.82) is 0 Å². The minimum absolute atomic E-state index is 0.01000. The fraction of sp³-hybridized carbons (Fsp3) is 0.550. The molecule has 4 aliphatic rings. The monoisotopic (exact) mass is 502 g/mol. The lowest BCUT2D eigenvalue weighted by Gasteiger charge is -2.45. The summed E-state index contributed by atoms with van der Waals surface area (Å²) in [5, 5.41) is -0.528. The quantitative estimate of drug-likeness (QED) is 0.615. The number of halogens is 4. The Hall–Kier alpha value is -2.90. The van der Waals surface area contributed by atoms with Gasteiger partial charge in [0.05, 0.1) is 23.2 Å². The second-order valence-electron chi connectivity index (χ2n) is 8.76. The van der Waals surface area contributed by atoms with E-state index < -0.39 is 34.2 Å². The van der Waals surface area contributed by atoms with Crippen LogP contribution in [0.1, 0.15) is 19.3 Å². The molecule has 14 heteroatoms. The maximum atomic E-state index is 13.9. The van der Waals surface area contributed by atoms with Crippen LogP contribution in [0.15, 0.2) is 18.3 Å². The van der Waals surface area contributed by atoms with Crippen molar-refractivity contribution < 1.29 is 30.7 Å². The van der Waals surface area contributed by atoms with Crippen LogP contribution in [0.25, 0.3) is 11.3 Å². The van der Waals surface area contributed by atoms with E-state index in [0.29, 0.717) is 18.7 Å². The third-order valence-corrected chi connectivity index (χ3v) is 8.69.